The minimum absolute atomic E-state index is 0.592. The summed E-state index contributed by atoms with van der Waals surface area (Å²) in [6.07, 6.45) is 5.68. The molecule has 0 saturated carbocycles. The van der Waals surface area contributed by atoms with E-state index in [9.17, 15) is 0 Å². The Balaban J connectivity index is 2.48. The van der Waals surface area contributed by atoms with E-state index in [-0.39, 0.29) is 0 Å². The Morgan fingerprint density at radius 1 is 1.41 bits per heavy atom. The van der Waals surface area contributed by atoms with Gasteiger partial charge in [0, 0.05) is 0 Å². The highest BCUT2D eigenvalue weighted by atomic mass is 32.2. The van der Waals surface area contributed by atoms with Crippen molar-refractivity contribution in [2.75, 3.05) is 25.7 Å². The monoisotopic (exact) mass is 253 g/mol. The Bertz CT molecular complexity index is 317. The molecule has 3 heteroatoms. The van der Waals surface area contributed by atoms with Gasteiger partial charge >= 0.3 is 0 Å². The van der Waals surface area contributed by atoms with Gasteiger partial charge in [0.2, 0.25) is 0 Å². The van der Waals surface area contributed by atoms with Crippen LogP contribution in [0.25, 0.3) is 0 Å². The number of hydrogen-bond acceptors (Lipinski definition) is 3. The third-order valence-electron chi connectivity index (χ3n) is 2.95. The van der Waals surface area contributed by atoms with Crippen LogP contribution in [0.4, 0.5) is 0 Å². The minimum atomic E-state index is 0.592. The summed E-state index contributed by atoms with van der Waals surface area (Å²) < 4.78 is 5.23. The smallest absolute Gasteiger partial charge is 0.119 e. The largest absolute Gasteiger partial charge is 0.497 e. The average Bonchev–Trinajstić information content (AvgIpc) is 2.38. The standard InChI is InChI=1S/C14H23NOS/c1-16-14-7-3-5-12(10-14)9-13(11-15)6-4-8-17-2/h3,5,7,10,13H,4,6,8-9,11,15H2,1-2H3. The van der Waals surface area contributed by atoms with E-state index < -0.39 is 0 Å². The molecule has 17 heavy (non-hydrogen) atoms. The number of hydrogen-bond donors (Lipinski definition) is 1. The van der Waals surface area contributed by atoms with E-state index in [1.165, 1.54) is 24.2 Å². The maximum absolute atomic E-state index is 5.84. The van der Waals surface area contributed by atoms with Crippen LogP contribution >= 0.6 is 11.8 Å². The predicted molar refractivity (Wildman–Crippen MR) is 76.9 cm³/mol. The van der Waals surface area contributed by atoms with Crippen LogP contribution in [0, 0.1) is 5.92 Å². The van der Waals surface area contributed by atoms with Gasteiger partial charge in [-0.1, -0.05) is 12.1 Å². The summed E-state index contributed by atoms with van der Waals surface area (Å²) in [5.41, 5.74) is 7.16. The van der Waals surface area contributed by atoms with Crippen molar-refractivity contribution in [3.05, 3.63) is 29.8 Å². The fourth-order valence-electron chi connectivity index (χ4n) is 1.95. The van der Waals surface area contributed by atoms with Crippen molar-refractivity contribution in [2.45, 2.75) is 19.3 Å². The lowest BCUT2D eigenvalue weighted by Gasteiger charge is -2.14. The Morgan fingerprint density at radius 3 is 2.88 bits per heavy atom. The van der Waals surface area contributed by atoms with E-state index in [1.54, 1.807) is 7.11 Å². The number of methoxy groups -OCH3 is 1. The maximum Gasteiger partial charge on any atom is 0.119 e. The third kappa shape index (κ3) is 5.46. The van der Waals surface area contributed by atoms with Crippen LogP contribution in [0.2, 0.25) is 0 Å². The van der Waals surface area contributed by atoms with E-state index in [0.717, 1.165) is 18.7 Å². The van der Waals surface area contributed by atoms with Gasteiger partial charge in [0.25, 0.3) is 0 Å². The molecule has 0 fully saturated rings. The summed E-state index contributed by atoms with van der Waals surface area (Å²) in [5.74, 6) is 2.76. The van der Waals surface area contributed by atoms with Gasteiger partial charge in [-0.15, -0.1) is 0 Å². The quantitative estimate of drug-likeness (QED) is 0.723. The highest BCUT2D eigenvalue weighted by molar-refractivity contribution is 7.98. The molecule has 1 unspecified atom stereocenters. The fourth-order valence-corrected chi connectivity index (χ4v) is 2.41. The van der Waals surface area contributed by atoms with E-state index in [2.05, 4.69) is 18.4 Å². The molecule has 0 aliphatic heterocycles. The molecule has 0 aliphatic rings. The van der Waals surface area contributed by atoms with Crippen LogP contribution in [-0.4, -0.2) is 25.7 Å². The molecule has 0 heterocycles. The van der Waals surface area contributed by atoms with Crippen LogP contribution in [-0.2, 0) is 6.42 Å². The Hall–Kier alpha value is -0.670. The second-order valence-corrected chi connectivity index (χ2v) is 5.28. The van der Waals surface area contributed by atoms with E-state index >= 15 is 0 Å². The molecule has 1 atom stereocenters. The van der Waals surface area contributed by atoms with E-state index in [0.29, 0.717) is 5.92 Å². The van der Waals surface area contributed by atoms with Crippen LogP contribution in [0.15, 0.2) is 24.3 Å². The lowest BCUT2D eigenvalue weighted by atomic mass is 9.95. The molecule has 0 bridgehead atoms. The second-order valence-electron chi connectivity index (χ2n) is 4.29. The number of nitrogens with two attached hydrogens (primary N) is 1. The molecule has 0 amide bonds. The number of thioether (sulfide) groups is 1. The number of rotatable bonds is 8. The molecule has 0 aliphatic carbocycles. The van der Waals surface area contributed by atoms with Crippen LogP contribution in [0.3, 0.4) is 0 Å². The highest BCUT2D eigenvalue weighted by Gasteiger charge is 2.08. The molecule has 0 saturated heterocycles. The molecular formula is C14H23NOS. The fraction of sp³-hybridized carbons (Fsp3) is 0.571. The topological polar surface area (TPSA) is 35.2 Å². The van der Waals surface area contributed by atoms with E-state index in [4.69, 9.17) is 10.5 Å². The molecular weight excluding hydrogens is 230 g/mol. The zero-order valence-corrected chi connectivity index (χ0v) is 11.6. The number of benzene rings is 1. The van der Waals surface area contributed by atoms with Crippen LogP contribution < -0.4 is 10.5 Å². The van der Waals surface area contributed by atoms with Crippen molar-refractivity contribution in [3.8, 4) is 5.75 Å². The maximum atomic E-state index is 5.84. The van der Waals surface area contributed by atoms with Crippen molar-refractivity contribution in [1.29, 1.82) is 0 Å². The lowest BCUT2D eigenvalue weighted by molar-refractivity contribution is 0.413. The first kappa shape index (κ1) is 14.4. The Labute approximate surface area is 109 Å². The summed E-state index contributed by atoms with van der Waals surface area (Å²) >= 11 is 1.91. The molecule has 2 nitrogen and oxygen atoms in total. The van der Waals surface area contributed by atoms with Gasteiger partial charge < -0.3 is 10.5 Å². The van der Waals surface area contributed by atoms with Gasteiger partial charge in [0.05, 0.1) is 7.11 Å². The van der Waals surface area contributed by atoms with Gasteiger partial charge in [-0.05, 0) is 61.4 Å². The summed E-state index contributed by atoms with van der Waals surface area (Å²) in [6.45, 7) is 0.769. The highest BCUT2D eigenvalue weighted by Crippen LogP contribution is 2.18. The van der Waals surface area contributed by atoms with Gasteiger partial charge in [-0.2, -0.15) is 11.8 Å². The number of ether oxygens (including phenoxy) is 1. The summed E-state index contributed by atoms with van der Waals surface area (Å²) in [6, 6.07) is 8.29. The van der Waals surface area contributed by atoms with Crippen molar-refractivity contribution in [1.82, 2.24) is 0 Å². The molecule has 1 rings (SSSR count). The molecule has 96 valence electrons. The van der Waals surface area contributed by atoms with Crippen LogP contribution in [0.1, 0.15) is 18.4 Å². The first-order valence-electron chi connectivity index (χ1n) is 6.12. The van der Waals surface area contributed by atoms with Crippen molar-refractivity contribution >= 4 is 11.8 Å². The zero-order valence-electron chi connectivity index (χ0n) is 10.8. The molecule has 1 aromatic carbocycles. The SMILES string of the molecule is COc1cccc(CC(CN)CCCSC)c1. The second kappa shape index (κ2) is 8.43. The summed E-state index contributed by atoms with van der Waals surface area (Å²) in [7, 11) is 1.71. The third-order valence-corrected chi connectivity index (χ3v) is 3.65. The lowest BCUT2D eigenvalue weighted by Crippen LogP contribution is -2.17. The van der Waals surface area contributed by atoms with E-state index in [1.807, 2.05) is 23.9 Å². The van der Waals surface area contributed by atoms with Crippen LogP contribution in [0.5, 0.6) is 5.75 Å². The zero-order chi connectivity index (χ0) is 12.5. The van der Waals surface area contributed by atoms with Crippen molar-refractivity contribution in [2.24, 2.45) is 11.7 Å². The molecule has 0 radical (unpaired) electrons. The van der Waals surface area contributed by atoms with Gasteiger partial charge in [-0.3, -0.25) is 0 Å². The normalized spacial score (nSPS) is 12.4. The predicted octanol–water partition coefficient (Wildman–Crippen LogP) is 2.96. The molecule has 1 aromatic rings. The summed E-state index contributed by atoms with van der Waals surface area (Å²) in [4.78, 5) is 0. The van der Waals surface area contributed by atoms with Gasteiger partial charge in [-0.25, -0.2) is 0 Å². The van der Waals surface area contributed by atoms with Crippen molar-refractivity contribution in [3.63, 3.8) is 0 Å². The molecule has 0 aromatic heterocycles. The Kier molecular flexibility index (Phi) is 7.13. The van der Waals surface area contributed by atoms with Gasteiger partial charge in [0.15, 0.2) is 0 Å². The Morgan fingerprint density at radius 2 is 2.24 bits per heavy atom. The first-order chi connectivity index (χ1) is 8.30. The first-order valence-corrected chi connectivity index (χ1v) is 7.51. The minimum Gasteiger partial charge on any atom is -0.497 e. The molecule has 0 spiro atoms. The van der Waals surface area contributed by atoms with Gasteiger partial charge in [0.1, 0.15) is 5.75 Å². The van der Waals surface area contributed by atoms with Crippen molar-refractivity contribution < 1.29 is 4.74 Å². The summed E-state index contributed by atoms with van der Waals surface area (Å²) in [5, 5.41) is 0. The molecule has 2 N–H and O–H groups in total. The average molecular weight is 253 g/mol.